The van der Waals surface area contributed by atoms with Crippen molar-refractivity contribution in [3.8, 4) is 0 Å². The molecule has 0 amide bonds. The van der Waals surface area contributed by atoms with Gasteiger partial charge in [-0.2, -0.15) is 5.10 Å². The molecule has 0 aliphatic carbocycles. The molecule has 0 aromatic heterocycles. The molecule has 6 nitrogen and oxygen atoms in total. The van der Waals surface area contributed by atoms with E-state index in [9.17, 15) is 10.1 Å². The molecule has 1 aliphatic rings. The van der Waals surface area contributed by atoms with Gasteiger partial charge in [-0.3, -0.25) is 15.5 Å². The molecular weight excluding hydrogens is 340 g/mol. The van der Waals surface area contributed by atoms with Crippen molar-refractivity contribution in [3.05, 3.63) is 63.2 Å². The van der Waals surface area contributed by atoms with E-state index >= 15 is 0 Å². The van der Waals surface area contributed by atoms with E-state index in [1.165, 1.54) is 28.9 Å². The summed E-state index contributed by atoms with van der Waals surface area (Å²) in [7, 11) is 2.16. The summed E-state index contributed by atoms with van der Waals surface area (Å²) in [6.07, 6.45) is 2.92. The standard InChI is InChI=1S/C21H26N4O2/c1-14-10-20-19(15(2)12-21(3,4)24(20)5)11-16(14)13-22-23-17-6-8-18(9-7-17)25(26)27/h6-11,13,15,23H,12H2,1-5H3/b22-13-/t15-/m0/s1. The Morgan fingerprint density at radius 1 is 1.30 bits per heavy atom. The predicted molar refractivity (Wildman–Crippen MR) is 111 cm³/mol. The third-order valence-electron chi connectivity index (χ3n) is 5.50. The van der Waals surface area contributed by atoms with Gasteiger partial charge in [0.05, 0.1) is 16.8 Å². The van der Waals surface area contributed by atoms with E-state index in [2.05, 4.69) is 62.3 Å². The molecule has 1 aliphatic heterocycles. The highest BCUT2D eigenvalue weighted by Crippen LogP contribution is 2.43. The van der Waals surface area contributed by atoms with Gasteiger partial charge in [0.1, 0.15) is 0 Å². The molecule has 0 saturated carbocycles. The van der Waals surface area contributed by atoms with E-state index in [0.717, 1.165) is 12.0 Å². The second-order valence-corrected chi connectivity index (χ2v) is 7.92. The van der Waals surface area contributed by atoms with E-state index in [0.29, 0.717) is 11.6 Å². The van der Waals surface area contributed by atoms with Gasteiger partial charge >= 0.3 is 0 Å². The van der Waals surface area contributed by atoms with Crippen LogP contribution < -0.4 is 10.3 Å². The lowest BCUT2D eigenvalue weighted by Gasteiger charge is -2.45. The lowest BCUT2D eigenvalue weighted by Crippen LogP contribution is -2.45. The number of anilines is 2. The molecule has 0 saturated heterocycles. The third-order valence-corrected chi connectivity index (χ3v) is 5.50. The Labute approximate surface area is 160 Å². The molecule has 1 N–H and O–H groups in total. The van der Waals surface area contributed by atoms with Gasteiger partial charge in [-0.05, 0) is 74.1 Å². The Morgan fingerprint density at radius 3 is 2.59 bits per heavy atom. The molecule has 0 unspecified atom stereocenters. The van der Waals surface area contributed by atoms with Crippen LogP contribution >= 0.6 is 0 Å². The van der Waals surface area contributed by atoms with Crippen molar-refractivity contribution < 1.29 is 4.92 Å². The van der Waals surface area contributed by atoms with Crippen molar-refractivity contribution in [1.29, 1.82) is 0 Å². The first-order valence-electron chi connectivity index (χ1n) is 9.11. The Morgan fingerprint density at radius 2 is 1.96 bits per heavy atom. The van der Waals surface area contributed by atoms with Crippen LogP contribution in [0.3, 0.4) is 0 Å². The van der Waals surface area contributed by atoms with Gasteiger partial charge < -0.3 is 4.90 Å². The summed E-state index contributed by atoms with van der Waals surface area (Å²) < 4.78 is 0. The first kappa shape index (κ1) is 18.9. The number of nitro groups is 1. The fraction of sp³-hybridized carbons (Fsp3) is 0.381. The van der Waals surface area contributed by atoms with Crippen LogP contribution in [0, 0.1) is 17.0 Å². The van der Waals surface area contributed by atoms with Gasteiger partial charge in [0, 0.05) is 30.4 Å². The van der Waals surface area contributed by atoms with Crippen LogP contribution in [0.15, 0.2) is 41.5 Å². The fourth-order valence-corrected chi connectivity index (χ4v) is 3.71. The fourth-order valence-electron chi connectivity index (χ4n) is 3.71. The van der Waals surface area contributed by atoms with Crippen molar-refractivity contribution in [3.63, 3.8) is 0 Å². The number of nitrogens with zero attached hydrogens (tertiary/aromatic N) is 3. The van der Waals surface area contributed by atoms with Crippen LogP contribution in [0.4, 0.5) is 17.1 Å². The zero-order valence-electron chi connectivity index (χ0n) is 16.5. The largest absolute Gasteiger partial charge is 0.369 e. The van der Waals surface area contributed by atoms with Gasteiger partial charge in [-0.15, -0.1) is 0 Å². The molecule has 1 atom stereocenters. The second-order valence-electron chi connectivity index (χ2n) is 7.92. The predicted octanol–water partition coefficient (Wildman–Crippen LogP) is 5.07. The van der Waals surface area contributed by atoms with Crippen molar-refractivity contribution in [2.45, 2.75) is 45.6 Å². The monoisotopic (exact) mass is 366 g/mol. The van der Waals surface area contributed by atoms with Gasteiger partial charge in [0.2, 0.25) is 0 Å². The number of fused-ring (bicyclic) bond motifs is 1. The molecule has 27 heavy (non-hydrogen) atoms. The average molecular weight is 366 g/mol. The van der Waals surface area contributed by atoms with Crippen LogP contribution in [-0.2, 0) is 0 Å². The maximum absolute atomic E-state index is 10.7. The number of nitro benzene ring substituents is 1. The summed E-state index contributed by atoms with van der Waals surface area (Å²) in [4.78, 5) is 12.7. The SMILES string of the molecule is Cc1cc2c(cc1/C=N\Nc1ccc([N+](=O)[O-])cc1)[C@@H](C)CC(C)(C)N2C. The summed E-state index contributed by atoms with van der Waals surface area (Å²) in [6.45, 7) is 8.93. The first-order valence-corrected chi connectivity index (χ1v) is 9.11. The molecule has 0 radical (unpaired) electrons. The van der Waals surface area contributed by atoms with Gasteiger partial charge in [0.25, 0.3) is 5.69 Å². The Kier molecular flexibility index (Phi) is 4.91. The smallest absolute Gasteiger partial charge is 0.269 e. The van der Waals surface area contributed by atoms with Gasteiger partial charge in [-0.25, -0.2) is 0 Å². The van der Waals surface area contributed by atoms with Crippen molar-refractivity contribution in [2.24, 2.45) is 5.10 Å². The Bertz CT molecular complexity index is 888. The van der Waals surface area contributed by atoms with Crippen molar-refractivity contribution in [1.82, 2.24) is 0 Å². The molecule has 0 fully saturated rings. The number of hydrogen-bond donors (Lipinski definition) is 1. The molecule has 3 rings (SSSR count). The molecule has 1 heterocycles. The van der Waals surface area contributed by atoms with E-state index in [1.54, 1.807) is 12.1 Å². The molecule has 2 aromatic carbocycles. The second kappa shape index (κ2) is 7.02. The van der Waals surface area contributed by atoms with Gasteiger partial charge in [0.15, 0.2) is 0 Å². The molecule has 6 heteroatoms. The summed E-state index contributed by atoms with van der Waals surface area (Å²) in [5.74, 6) is 0.488. The Balaban J connectivity index is 1.81. The van der Waals surface area contributed by atoms with Crippen molar-refractivity contribution >= 4 is 23.3 Å². The van der Waals surface area contributed by atoms with Crippen molar-refractivity contribution in [2.75, 3.05) is 17.4 Å². The van der Waals surface area contributed by atoms with E-state index in [1.807, 2.05) is 6.21 Å². The topological polar surface area (TPSA) is 70.8 Å². The summed E-state index contributed by atoms with van der Waals surface area (Å²) >= 11 is 0. The normalized spacial score (nSPS) is 18.4. The molecule has 142 valence electrons. The van der Waals surface area contributed by atoms with Crippen LogP contribution in [0.2, 0.25) is 0 Å². The highest BCUT2D eigenvalue weighted by atomic mass is 16.6. The van der Waals surface area contributed by atoms with Crippen LogP contribution in [0.25, 0.3) is 0 Å². The minimum atomic E-state index is -0.414. The van der Waals surface area contributed by atoms with Gasteiger partial charge in [-0.1, -0.05) is 6.92 Å². The highest BCUT2D eigenvalue weighted by Gasteiger charge is 2.34. The number of hydrazone groups is 1. The number of rotatable bonds is 4. The molecule has 0 spiro atoms. The van der Waals surface area contributed by atoms with Crippen LogP contribution in [0.5, 0.6) is 0 Å². The minimum Gasteiger partial charge on any atom is -0.369 e. The highest BCUT2D eigenvalue weighted by molar-refractivity contribution is 5.84. The number of non-ortho nitro benzene ring substituents is 1. The van der Waals surface area contributed by atoms with E-state index in [-0.39, 0.29) is 11.2 Å². The van der Waals surface area contributed by atoms with E-state index in [4.69, 9.17) is 0 Å². The number of nitrogens with one attached hydrogen (secondary N) is 1. The molecule has 2 aromatic rings. The quantitative estimate of drug-likeness (QED) is 0.466. The first-order chi connectivity index (χ1) is 12.7. The molecule has 0 bridgehead atoms. The lowest BCUT2D eigenvalue weighted by atomic mass is 9.79. The maximum atomic E-state index is 10.7. The maximum Gasteiger partial charge on any atom is 0.269 e. The Hall–Kier alpha value is -2.89. The summed E-state index contributed by atoms with van der Waals surface area (Å²) in [5.41, 5.74) is 8.73. The van der Waals surface area contributed by atoms with Crippen LogP contribution in [0.1, 0.15) is 49.8 Å². The third kappa shape index (κ3) is 3.79. The number of aryl methyl sites for hydroxylation is 1. The summed E-state index contributed by atoms with van der Waals surface area (Å²) in [5, 5.41) is 15.0. The zero-order valence-corrected chi connectivity index (χ0v) is 16.5. The van der Waals surface area contributed by atoms with E-state index < -0.39 is 4.92 Å². The summed E-state index contributed by atoms with van der Waals surface area (Å²) in [6, 6.07) is 10.7. The number of benzene rings is 2. The number of hydrogen-bond acceptors (Lipinski definition) is 5. The molecular formula is C21H26N4O2. The lowest BCUT2D eigenvalue weighted by molar-refractivity contribution is -0.384. The minimum absolute atomic E-state index is 0.0658. The average Bonchev–Trinajstić information content (AvgIpc) is 2.61. The zero-order chi connectivity index (χ0) is 19.8. The van der Waals surface area contributed by atoms with Crippen LogP contribution in [-0.4, -0.2) is 23.7 Å².